The van der Waals surface area contributed by atoms with Crippen LogP contribution < -0.4 is 11.1 Å². The molecule has 2 rings (SSSR count). The Morgan fingerprint density at radius 1 is 1.53 bits per heavy atom. The van der Waals surface area contributed by atoms with E-state index in [1.54, 1.807) is 12.1 Å². The largest absolute Gasteiger partial charge is 0.384 e. The van der Waals surface area contributed by atoms with Gasteiger partial charge in [0.25, 0.3) is 5.91 Å². The highest BCUT2D eigenvalue weighted by molar-refractivity contribution is 6.33. The van der Waals surface area contributed by atoms with E-state index in [0.717, 1.165) is 5.92 Å². The molecule has 0 radical (unpaired) electrons. The molecule has 4 nitrogen and oxygen atoms in total. The summed E-state index contributed by atoms with van der Waals surface area (Å²) in [4.78, 5) is 16.0. The Kier molecular flexibility index (Phi) is 4.64. The van der Waals surface area contributed by atoms with Crippen LogP contribution in [0.25, 0.3) is 0 Å². The summed E-state index contributed by atoms with van der Waals surface area (Å²) in [6.45, 7) is 2.96. The third-order valence-corrected chi connectivity index (χ3v) is 3.98. The highest BCUT2D eigenvalue weighted by Crippen LogP contribution is 2.28. The topological polar surface area (TPSA) is 68.0 Å². The van der Waals surface area contributed by atoms with Gasteiger partial charge >= 0.3 is 0 Å². The number of hydrogen-bond acceptors (Lipinski definition) is 3. The third kappa shape index (κ3) is 3.83. The van der Waals surface area contributed by atoms with Crippen LogP contribution in [0.4, 0.5) is 5.82 Å². The Balaban J connectivity index is 1.92. The number of amides is 1. The van der Waals surface area contributed by atoms with Gasteiger partial charge in [-0.15, -0.1) is 0 Å². The van der Waals surface area contributed by atoms with Gasteiger partial charge in [0.15, 0.2) is 0 Å². The molecule has 1 aliphatic carbocycles. The van der Waals surface area contributed by atoms with Crippen molar-refractivity contribution < 1.29 is 4.79 Å². The summed E-state index contributed by atoms with van der Waals surface area (Å²) in [5, 5.41) is 3.25. The Hall–Kier alpha value is -1.29. The fraction of sp³-hybridized carbons (Fsp3) is 0.571. The summed E-state index contributed by atoms with van der Waals surface area (Å²) in [5.74, 6) is 1.38. The van der Waals surface area contributed by atoms with E-state index in [0.29, 0.717) is 23.3 Å². The summed E-state index contributed by atoms with van der Waals surface area (Å²) in [6.07, 6.45) is 4.91. The lowest BCUT2D eigenvalue weighted by Gasteiger charge is -2.26. The summed E-state index contributed by atoms with van der Waals surface area (Å²) >= 11 is 5.96. The molecule has 1 amide bonds. The number of anilines is 1. The van der Waals surface area contributed by atoms with Crippen molar-refractivity contribution in [1.29, 1.82) is 0 Å². The van der Waals surface area contributed by atoms with Crippen molar-refractivity contribution >= 4 is 23.3 Å². The quantitative estimate of drug-likeness (QED) is 0.895. The van der Waals surface area contributed by atoms with Gasteiger partial charge in [0, 0.05) is 6.54 Å². The zero-order valence-electron chi connectivity index (χ0n) is 11.2. The van der Waals surface area contributed by atoms with Gasteiger partial charge in [-0.3, -0.25) is 4.79 Å². The number of pyridine rings is 1. The zero-order chi connectivity index (χ0) is 13.8. The molecule has 1 aromatic rings. The number of nitrogen functional groups attached to an aromatic ring is 1. The van der Waals surface area contributed by atoms with E-state index < -0.39 is 0 Å². The smallest absolute Gasteiger partial charge is 0.271 e. The highest BCUT2D eigenvalue weighted by Gasteiger charge is 2.20. The number of carbonyl (C=O) groups is 1. The Labute approximate surface area is 118 Å². The second-order valence-electron chi connectivity index (χ2n) is 5.41. The molecule has 1 heterocycles. The molecule has 2 unspecified atom stereocenters. The lowest BCUT2D eigenvalue weighted by atomic mass is 9.82. The maximum atomic E-state index is 12.0. The maximum absolute atomic E-state index is 12.0. The first-order chi connectivity index (χ1) is 9.06. The van der Waals surface area contributed by atoms with E-state index in [-0.39, 0.29) is 11.6 Å². The second-order valence-corrected chi connectivity index (χ2v) is 5.82. The van der Waals surface area contributed by atoms with Crippen LogP contribution >= 0.6 is 11.6 Å². The lowest BCUT2D eigenvalue weighted by Crippen LogP contribution is -2.32. The molecule has 0 aliphatic heterocycles. The van der Waals surface area contributed by atoms with E-state index in [9.17, 15) is 4.79 Å². The van der Waals surface area contributed by atoms with Crippen molar-refractivity contribution in [2.45, 2.75) is 32.6 Å². The van der Waals surface area contributed by atoms with Crippen molar-refractivity contribution in [1.82, 2.24) is 10.3 Å². The van der Waals surface area contributed by atoms with Crippen LogP contribution in [0.15, 0.2) is 12.1 Å². The number of rotatable bonds is 3. The average molecular weight is 282 g/mol. The standard InChI is InChI=1S/C14H20ClN3O/c1-9-3-2-4-10(7-9)8-17-14(19)13-11(15)5-6-12(16)18-13/h5-6,9-10H,2-4,7-8H2,1H3,(H2,16,18)(H,17,19). The molecule has 0 spiro atoms. The lowest BCUT2D eigenvalue weighted by molar-refractivity contribution is 0.0936. The maximum Gasteiger partial charge on any atom is 0.271 e. The predicted molar refractivity (Wildman–Crippen MR) is 77.1 cm³/mol. The number of hydrogen-bond donors (Lipinski definition) is 2. The number of aromatic nitrogens is 1. The number of nitrogens with two attached hydrogens (primary N) is 1. The minimum absolute atomic E-state index is 0.213. The van der Waals surface area contributed by atoms with E-state index >= 15 is 0 Å². The van der Waals surface area contributed by atoms with Gasteiger partial charge < -0.3 is 11.1 Å². The summed E-state index contributed by atoms with van der Waals surface area (Å²) < 4.78 is 0. The first-order valence-electron chi connectivity index (χ1n) is 6.76. The SMILES string of the molecule is CC1CCCC(CNC(=O)c2nc(N)ccc2Cl)C1. The van der Waals surface area contributed by atoms with E-state index in [1.807, 2.05) is 0 Å². The number of nitrogens with one attached hydrogen (secondary N) is 1. The van der Waals surface area contributed by atoms with Crippen LogP contribution in [0.5, 0.6) is 0 Å². The molecule has 104 valence electrons. The van der Waals surface area contributed by atoms with Crippen LogP contribution in [0.1, 0.15) is 43.1 Å². The predicted octanol–water partition coefficient (Wildman–Crippen LogP) is 2.87. The van der Waals surface area contributed by atoms with Crippen LogP contribution in [0, 0.1) is 11.8 Å². The van der Waals surface area contributed by atoms with Crippen molar-refractivity contribution in [2.75, 3.05) is 12.3 Å². The fourth-order valence-electron chi connectivity index (χ4n) is 2.68. The molecule has 0 saturated heterocycles. The molecule has 1 aromatic heterocycles. The molecule has 0 aromatic carbocycles. The summed E-state index contributed by atoms with van der Waals surface area (Å²) in [7, 11) is 0. The Morgan fingerprint density at radius 3 is 3.05 bits per heavy atom. The van der Waals surface area contributed by atoms with Crippen LogP contribution in [0.3, 0.4) is 0 Å². The molecular formula is C14H20ClN3O. The average Bonchev–Trinajstić information content (AvgIpc) is 2.39. The molecule has 1 aliphatic rings. The second kappa shape index (κ2) is 6.24. The number of nitrogens with zero attached hydrogens (tertiary/aromatic N) is 1. The monoisotopic (exact) mass is 281 g/mol. The minimum atomic E-state index is -0.240. The normalized spacial score (nSPS) is 23.1. The van der Waals surface area contributed by atoms with Gasteiger partial charge in [-0.05, 0) is 36.8 Å². The van der Waals surface area contributed by atoms with Crippen LogP contribution in [0.2, 0.25) is 5.02 Å². The van der Waals surface area contributed by atoms with Gasteiger partial charge in [0.05, 0.1) is 5.02 Å². The number of halogens is 1. The third-order valence-electron chi connectivity index (χ3n) is 3.68. The van der Waals surface area contributed by atoms with Crippen molar-refractivity contribution in [3.63, 3.8) is 0 Å². The van der Waals surface area contributed by atoms with E-state index in [4.69, 9.17) is 17.3 Å². The molecule has 2 atom stereocenters. The van der Waals surface area contributed by atoms with Crippen LogP contribution in [-0.4, -0.2) is 17.4 Å². The van der Waals surface area contributed by atoms with Crippen molar-refractivity contribution in [3.05, 3.63) is 22.8 Å². The molecule has 5 heteroatoms. The fourth-order valence-corrected chi connectivity index (χ4v) is 2.87. The highest BCUT2D eigenvalue weighted by atomic mass is 35.5. The van der Waals surface area contributed by atoms with Gasteiger partial charge in [0.1, 0.15) is 11.5 Å². The van der Waals surface area contributed by atoms with Crippen LogP contribution in [-0.2, 0) is 0 Å². The molecule has 1 fully saturated rings. The van der Waals surface area contributed by atoms with E-state index in [1.165, 1.54) is 25.7 Å². The van der Waals surface area contributed by atoms with Crippen molar-refractivity contribution in [3.8, 4) is 0 Å². The molecule has 3 N–H and O–H groups in total. The molecular weight excluding hydrogens is 262 g/mol. The molecule has 19 heavy (non-hydrogen) atoms. The summed E-state index contributed by atoms with van der Waals surface area (Å²) in [5.41, 5.74) is 5.79. The summed E-state index contributed by atoms with van der Waals surface area (Å²) in [6, 6.07) is 3.18. The van der Waals surface area contributed by atoms with Gasteiger partial charge in [0.2, 0.25) is 0 Å². The van der Waals surface area contributed by atoms with Gasteiger partial charge in [-0.1, -0.05) is 31.4 Å². The van der Waals surface area contributed by atoms with Gasteiger partial charge in [-0.2, -0.15) is 0 Å². The van der Waals surface area contributed by atoms with Crippen molar-refractivity contribution in [2.24, 2.45) is 11.8 Å². The van der Waals surface area contributed by atoms with E-state index in [2.05, 4.69) is 17.2 Å². The molecule has 1 saturated carbocycles. The molecule has 0 bridgehead atoms. The first-order valence-corrected chi connectivity index (χ1v) is 7.14. The van der Waals surface area contributed by atoms with Gasteiger partial charge in [-0.25, -0.2) is 4.98 Å². The first kappa shape index (κ1) is 14.1. The zero-order valence-corrected chi connectivity index (χ0v) is 11.9. The number of carbonyl (C=O) groups excluding carboxylic acids is 1. The Bertz CT molecular complexity index is 464. The Morgan fingerprint density at radius 2 is 2.32 bits per heavy atom. The minimum Gasteiger partial charge on any atom is -0.384 e.